The Labute approximate surface area is 282 Å². The van der Waals surface area contributed by atoms with Gasteiger partial charge in [0.1, 0.15) is 5.75 Å². The molecule has 49 heavy (non-hydrogen) atoms. The number of carboxylic acid groups (broad SMARTS) is 1. The zero-order valence-electron chi connectivity index (χ0n) is 27.1. The molecule has 5 N–H and O–H groups in total. The van der Waals surface area contributed by atoms with Crippen LogP contribution in [-0.4, -0.2) is 59.1 Å². The number of benzene rings is 3. The molecule has 1 saturated carbocycles. The maximum Gasteiger partial charge on any atom is 0.490 e. The summed E-state index contributed by atoms with van der Waals surface area (Å²) in [6.45, 7) is 1.18. The van der Waals surface area contributed by atoms with Crippen molar-refractivity contribution in [2.75, 3.05) is 23.8 Å². The first kappa shape index (κ1) is 36.9. The number of carbonyl (C=O) groups is 4. The molecular weight excluding hydrogens is 641 g/mol. The predicted octanol–water partition coefficient (Wildman–Crippen LogP) is 6.55. The first-order valence-corrected chi connectivity index (χ1v) is 16.3. The molecule has 1 aliphatic carbocycles. The number of hydrogen-bond acceptors (Lipinski definition) is 6. The Morgan fingerprint density at radius 2 is 1.47 bits per heavy atom. The van der Waals surface area contributed by atoms with Crippen molar-refractivity contribution in [3.05, 3.63) is 89.0 Å². The molecule has 0 spiro atoms. The number of amides is 3. The second-order valence-corrected chi connectivity index (χ2v) is 12.0. The molecule has 3 aromatic carbocycles. The van der Waals surface area contributed by atoms with Gasteiger partial charge in [0.15, 0.2) is 6.61 Å². The number of unbranched alkanes of at least 4 members (excludes halogenated alkanes) is 5. The number of halogens is 3. The standard InChI is InChI=1S/C34H40N4O4.C2HF3O2/c35-20-6-4-2-1-3-5-7-24-10-15-28(16-11-24)36-33(40)26-12-8-25(9-13-26)22-38(29-17-18-29)34(41)27-14-19-30-31(21-27)42-23-32(39)37-30;3-2(4,5)1(6)7/h8-16,19,21,29H,1-7,17-18,20,22-23,35H2,(H,36,40)(H,37,39);(H,6,7). The topological polar surface area (TPSA) is 151 Å². The molecule has 0 atom stereocenters. The van der Waals surface area contributed by atoms with Gasteiger partial charge >= 0.3 is 12.1 Å². The van der Waals surface area contributed by atoms with Gasteiger partial charge in [-0.2, -0.15) is 13.2 Å². The van der Waals surface area contributed by atoms with Crippen molar-refractivity contribution in [3.63, 3.8) is 0 Å². The minimum absolute atomic E-state index is 0.0568. The summed E-state index contributed by atoms with van der Waals surface area (Å²) in [5.41, 5.74) is 10.2. The smallest absolute Gasteiger partial charge is 0.482 e. The number of nitrogens with two attached hydrogens (primary N) is 1. The van der Waals surface area contributed by atoms with Crippen LogP contribution in [0.15, 0.2) is 66.7 Å². The summed E-state index contributed by atoms with van der Waals surface area (Å²) in [7, 11) is 0. The quantitative estimate of drug-likeness (QED) is 0.141. The van der Waals surface area contributed by atoms with E-state index in [1.807, 2.05) is 29.2 Å². The van der Waals surface area contributed by atoms with Gasteiger partial charge in [-0.25, -0.2) is 4.79 Å². The molecule has 5 rings (SSSR count). The number of nitrogens with zero attached hydrogens (tertiary/aromatic N) is 1. The summed E-state index contributed by atoms with van der Waals surface area (Å²) in [6.07, 6.45) is 5.17. The molecule has 0 aromatic heterocycles. The van der Waals surface area contributed by atoms with Crippen molar-refractivity contribution in [2.24, 2.45) is 5.73 Å². The van der Waals surface area contributed by atoms with Gasteiger partial charge in [-0.05, 0) is 92.2 Å². The maximum absolute atomic E-state index is 13.4. The van der Waals surface area contributed by atoms with Gasteiger partial charge in [0.05, 0.1) is 5.69 Å². The van der Waals surface area contributed by atoms with E-state index in [1.54, 1.807) is 30.3 Å². The molecule has 10 nitrogen and oxygen atoms in total. The van der Waals surface area contributed by atoms with Gasteiger partial charge in [-0.15, -0.1) is 0 Å². The van der Waals surface area contributed by atoms with Crippen LogP contribution in [0.3, 0.4) is 0 Å². The molecule has 262 valence electrons. The molecule has 1 heterocycles. The number of aryl methyl sites for hydroxylation is 1. The molecule has 3 aromatic rings. The van der Waals surface area contributed by atoms with E-state index in [0.717, 1.165) is 43.5 Å². The van der Waals surface area contributed by atoms with Crippen molar-refractivity contribution in [2.45, 2.75) is 76.6 Å². The normalized spacial score (nSPS) is 13.6. The summed E-state index contributed by atoms with van der Waals surface area (Å²) >= 11 is 0. The second-order valence-electron chi connectivity index (χ2n) is 12.0. The first-order chi connectivity index (χ1) is 23.4. The Balaban J connectivity index is 0.000000698. The number of nitrogens with one attached hydrogen (secondary N) is 2. The zero-order chi connectivity index (χ0) is 35.4. The highest BCUT2D eigenvalue weighted by Crippen LogP contribution is 2.33. The molecule has 1 aliphatic heterocycles. The summed E-state index contributed by atoms with van der Waals surface area (Å²) in [5, 5.41) is 12.9. The molecule has 2 aliphatic rings. The summed E-state index contributed by atoms with van der Waals surface area (Å²) in [6, 6.07) is 20.8. The van der Waals surface area contributed by atoms with Crippen LogP contribution in [0.5, 0.6) is 5.75 Å². The minimum atomic E-state index is -5.08. The maximum atomic E-state index is 13.4. The van der Waals surface area contributed by atoms with E-state index in [-0.39, 0.29) is 30.4 Å². The van der Waals surface area contributed by atoms with E-state index in [2.05, 4.69) is 22.8 Å². The van der Waals surface area contributed by atoms with Crippen molar-refractivity contribution in [1.29, 1.82) is 0 Å². The number of hydrogen-bond donors (Lipinski definition) is 4. The highest BCUT2D eigenvalue weighted by molar-refractivity contribution is 6.04. The molecule has 0 radical (unpaired) electrons. The Morgan fingerprint density at radius 3 is 2.08 bits per heavy atom. The third kappa shape index (κ3) is 11.6. The fraction of sp³-hybridized carbons (Fsp3) is 0.389. The number of anilines is 2. The van der Waals surface area contributed by atoms with Crippen LogP contribution in [0.2, 0.25) is 0 Å². The molecule has 13 heteroatoms. The average Bonchev–Trinajstić information content (AvgIpc) is 3.93. The molecule has 1 fully saturated rings. The number of ether oxygens (including phenoxy) is 1. The lowest BCUT2D eigenvalue weighted by Gasteiger charge is -2.24. The third-order valence-electron chi connectivity index (χ3n) is 8.05. The summed E-state index contributed by atoms with van der Waals surface area (Å²) in [4.78, 5) is 48.6. The van der Waals surface area contributed by atoms with Crippen LogP contribution < -0.4 is 21.1 Å². The van der Waals surface area contributed by atoms with E-state index >= 15 is 0 Å². The molecular formula is C36H41F3N4O6. The van der Waals surface area contributed by atoms with Crippen LogP contribution in [0.1, 0.15) is 83.2 Å². The van der Waals surface area contributed by atoms with Gasteiger partial charge in [0, 0.05) is 29.4 Å². The fourth-order valence-electron chi connectivity index (χ4n) is 5.22. The summed E-state index contributed by atoms with van der Waals surface area (Å²) < 4.78 is 37.2. The SMILES string of the molecule is NCCCCCCCCc1ccc(NC(=O)c2ccc(CN(C(=O)c3ccc4c(c3)OCC(=O)N4)C3CC3)cc2)cc1.O=C(O)C(F)(F)F. The van der Waals surface area contributed by atoms with Crippen LogP contribution in [0.25, 0.3) is 0 Å². The number of carbonyl (C=O) groups excluding carboxylic acids is 3. The van der Waals surface area contributed by atoms with E-state index in [9.17, 15) is 27.6 Å². The molecule has 0 bridgehead atoms. The van der Waals surface area contributed by atoms with E-state index in [4.69, 9.17) is 20.4 Å². The van der Waals surface area contributed by atoms with E-state index < -0.39 is 12.1 Å². The lowest BCUT2D eigenvalue weighted by atomic mass is 10.0. The third-order valence-corrected chi connectivity index (χ3v) is 8.05. The van der Waals surface area contributed by atoms with Crippen molar-refractivity contribution < 1.29 is 42.2 Å². The Hall–Kier alpha value is -4.91. The minimum Gasteiger partial charge on any atom is -0.482 e. The van der Waals surface area contributed by atoms with Crippen molar-refractivity contribution >= 4 is 35.1 Å². The first-order valence-electron chi connectivity index (χ1n) is 16.3. The lowest BCUT2D eigenvalue weighted by molar-refractivity contribution is -0.192. The van der Waals surface area contributed by atoms with Gasteiger partial charge < -0.3 is 31.1 Å². The number of rotatable bonds is 14. The van der Waals surface area contributed by atoms with Gasteiger partial charge in [0.25, 0.3) is 17.7 Å². The lowest BCUT2D eigenvalue weighted by Crippen LogP contribution is -2.33. The number of alkyl halides is 3. The molecule has 0 unspecified atom stereocenters. The second kappa shape index (κ2) is 17.5. The van der Waals surface area contributed by atoms with Crippen molar-refractivity contribution in [1.82, 2.24) is 4.90 Å². The molecule has 3 amide bonds. The Kier molecular flexibility index (Phi) is 13.2. The van der Waals surface area contributed by atoms with Crippen LogP contribution in [0.4, 0.5) is 24.5 Å². The van der Waals surface area contributed by atoms with Crippen LogP contribution in [-0.2, 0) is 22.6 Å². The number of carboxylic acids is 1. The number of aliphatic carboxylic acids is 1. The molecule has 0 saturated heterocycles. The van der Waals surface area contributed by atoms with Crippen LogP contribution in [0, 0.1) is 0 Å². The van der Waals surface area contributed by atoms with E-state index in [0.29, 0.717) is 29.1 Å². The van der Waals surface area contributed by atoms with Crippen LogP contribution >= 0.6 is 0 Å². The fourth-order valence-corrected chi connectivity index (χ4v) is 5.22. The Morgan fingerprint density at radius 1 is 0.878 bits per heavy atom. The van der Waals surface area contributed by atoms with Gasteiger partial charge in [-0.1, -0.05) is 49.9 Å². The summed E-state index contributed by atoms with van der Waals surface area (Å²) in [5.74, 6) is -2.70. The van der Waals surface area contributed by atoms with E-state index in [1.165, 1.54) is 37.7 Å². The zero-order valence-corrected chi connectivity index (χ0v) is 27.1. The largest absolute Gasteiger partial charge is 0.490 e. The number of fused-ring (bicyclic) bond motifs is 1. The van der Waals surface area contributed by atoms with Crippen molar-refractivity contribution in [3.8, 4) is 5.75 Å². The predicted molar refractivity (Wildman–Crippen MR) is 178 cm³/mol. The average molecular weight is 683 g/mol. The van der Waals surface area contributed by atoms with Gasteiger partial charge in [-0.3, -0.25) is 14.4 Å². The monoisotopic (exact) mass is 682 g/mol. The highest BCUT2D eigenvalue weighted by atomic mass is 19.4. The highest BCUT2D eigenvalue weighted by Gasteiger charge is 2.38. The Bertz CT molecular complexity index is 1590. The van der Waals surface area contributed by atoms with Gasteiger partial charge in [0.2, 0.25) is 0 Å².